The standard InChI is InChI=1S/C27H30N2O3/c1-20-18-29(19-23-13-14-24(31-2)17-25(23)32-20)16-15-26(30)28-27(21-9-5-3-6-10-21)22-11-7-4-8-12-22/h3-14,17,20,27H,15-16,18-19H2,1-2H3,(H,28,30)/t20-/m0/s1. The number of nitrogens with one attached hydrogen (secondary N) is 1. The maximum Gasteiger partial charge on any atom is 0.222 e. The van der Waals surface area contributed by atoms with E-state index in [0.717, 1.165) is 41.3 Å². The third-order valence-corrected chi connectivity index (χ3v) is 5.74. The first-order chi connectivity index (χ1) is 15.6. The molecule has 0 spiro atoms. The largest absolute Gasteiger partial charge is 0.497 e. The molecular formula is C27H30N2O3. The number of methoxy groups -OCH3 is 1. The van der Waals surface area contributed by atoms with Crippen molar-refractivity contribution in [1.29, 1.82) is 0 Å². The third-order valence-electron chi connectivity index (χ3n) is 5.74. The fraction of sp³-hybridized carbons (Fsp3) is 0.296. The predicted octanol–water partition coefficient (Wildman–Crippen LogP) is 4.57. The van der Waals surface area contributed by atoms with Crippen LogP contribution in [-0.2, 0) is 11.3 Å². The summed E-state index contributed by atoms with van der Waals surface area (Å²) in [7, 11) is 1.66. The van der Waals surface area contributed by atoms with E-state index in [1.165, 1.54) is 0 Å². The Bertz CT molecular complexity index is 984. The molecule has 1 aliphatic rings. The average Bonchev–Trinajstić information content (AvgIpc) is 2.99. The van der Waals surface area contributed by atoms with Crippen LogP contribution >= 0.6 is 0 Å². The van der Waals surface area contributed by atoms with Crippen LogP contribution < -0.4 is 14.8 Å². The maximum atomic E-state index is 13.0. The lowest BCUT2D eigenvalue weighted by atomic mass is 9.98. The Morgan fingerprint density at radius 2 is 1.72 bits per heavy atom. The van der Waals surface area contributed by atoms with Gasteiger partial charge in [-0.2, -0.15) is 0 Å². The second kappa shape index (κ2) is 10.3. The summed E-state index contributed by atoms with van der Waals surface area (Å²) in [6.07, 6.45) is 0.460. The summed E-state index contributed by atoms with van der Waals surface area (Å²) in [4.78, 5) is 15.2. The summed E-state index contributed by atoms with van der Waals surface area (Å²) < 4.78 is 11.4. The highest BCUT2D eigenvalue weighted by molar-refractivity contribution is 5.77. The van der Waals surface area contributed by atoms with E-state index < -0.39 is 0 Å². The van der Waals surface area contributed by atoms with E-state index in [2.05, 4.69) is 41.4 Å². The molecule has 0 aliphatic carbocycles. The Hall–Kier alpha value is -3.31. The lowest BCUT2D eigenvalue weighted by molar-refractivity contribution is -0.122. The van der Waals surface area contributed by atoms with E-state index in [4.69, 9.17) is 9.47 Å². The summed E-state index contributed by atoms with van der Waals surface area (Å²) in [5, 5.41) is 3.24. The number of rotatable bonds is 7. The van der Waals surface area contributed by atoms with Gasteiger partial charge in [-0.25, -0.2) is 0 Å². The zero-order valence-corrected chi connectivity index (χ0v) is 18.7. The topological polar surface area (TPSA) is 50.8 Å². The molecule has 1 N–H and O–H groups in total. The number of nitrogens with zero attached hydrogens (tertiary/aromatic N) is 1. The molecule has 1 aliphatic heterocycles. The summed E-state index contributed by atoms with van der Waals surface area (Å²) in [6, 6.07) is 26.0. The lowest BCUT2D eigenvalue weighted by Crippen LogP contribution is -2.36. The highest BCUT2D eigenvalue weighted by Gasteiger charge is 2.22. The molecule has 0 fully saturated rings. The van der Waals surface area contributed by atoms with Crippen LogP contribution in [0.2, 0.25) is 0 Å². The lowest BCUT2D eigenvalue weighted by Gasteiger charge is -2.23. The minimum atomic E-state index is -0.163. The van der Waals surface area contributed by atoms with Gasteiger partial charge < -0.3 is 14.8 Å². The molecule has 4 rings (SSSR count). The van der Waals surface area contributed by atoms with Gasteiger partial charge in [0.2, 0.25) is 5.91 Å². The van der Waals surface area contributed by atoms with E-state index in [-0.39, 0.29) is 18.1 Å². The molecule has 0 unspecified atom stereocenters. The third kappa shape index (κ3) is 5.48. The van der Waals surface area contributed by atoms with E-state index in [9.17, 15) is 4.79 Å². The van der Waals surface area contributed by atoms with Gasteiger partial charge in [0.05, 0.1) is 13.2 Å². The first-order valence-corrected chi connectivity index (χ1v) is 11.1. The minimum Gasteiger partial charge on any atom is -0.497 e. The van der Waals surface area contributed by atoms with Gasteiger partial charge >= 0.3 is 0 Å². The molecule has 5 nitrogen and oxygen atoms in total. The van der Waals surface area contributed by atoms with Crippen molar-refractivity contribution in [1.82, 2.24) is 10.2 Å². The van der Waals surface area contributed by atoms with Crippen molar-refractivity contribution in [3.8, 4) is 11.5 Å². The van der Waals surface area contributed by atoms with Gasteiger partial charge in [-0.3, -0.25) is 9.69 Å². The zero-order chi connectivity index (χ0) is 22.3. The number of carbonyl (C=O) groups excluding carboxylic acids is 1. The maximum absolute atomic E-state index is 13.0. The Labute approximate surface area is 190 Å². The molecule has 166 valence electrons. The number of ether oxygens (including phenoxy) is 2. The van der Waals surface area contributed by atoms with Crippen molar-refractivity contribution in [2.75, 3.05) is 20.2 Å². The van der Waals surface area contributed by atoms with Crippen LogP contribution in [0.15, 0.2) is 78.9 Å². The average molecular weight is 431 g/mol. The highest BCUT2D eigenvalue weighted by Crippen LogP contribution is 2.29. The van der Waals surface area contributed by atoms with Crippen molar-refractivity contribution in [2.45, 2.75) is 32.0 Å². The van der Waals surface area contributed by atoms with Crippen molar-refractivity contribution in [3.63, 3.8) is 0 Å². The highest BCUT2D eigenvalue weighted by atomic mass is 16.5. The molecule has 0 saturated carbocycles. The first kappa shape index (κ1) is 21.9. The van der Waals surface area contributed by atoms with Crippen molar-refractivity contribution >= 4 is 5.91 Å². The van der Waals surface area contributed by atoms with Crippen molar-refractivity contribution in [2.24, 2.45) is 0 Å². The van der Waals surface area contributed by atoms with Crippen LogP contribution in [0.3, 0.4) is 0 Å². The molecule has 0 saturated heterocycles. The predicted molar refractivity (Wildman–Crippen MR) is 126 cm³/mol. The van der Waals surface area contributed by atoms with E-state index in [1.807, 2.05) is 54.6 Å². The second-order valence-corrected chi connectivity index (χ2v) is 8.21. The van der Waals surface area contributed by atoms with Gasteiger partial charge in [-0.05, 0) is 24.1 Å². The number of hydrogen-bond acceptors (Lipinski definition) is 4. The van der Waals surface area contributed by atoms with Crippen LogP contribution in [0.4, 0.5) is 0 Å². The van der Waals surface area contributed by atoms with Crippen LogP contribution in [0.5, 0.6) is 11.5 Å². The van der Waals surface area contributed by atoms with E-state index in [0.29, 0.717) is 13.0 Å². The van der Waals surface area contributed by atoms with Crippen LogP contribution in [0, 0.1) is 0 Å². The molecular weight excluding hydrogens is 400 g/mol. The molecule has 1 amide bonds. The summed E-state index contributed by atoms with van der Waals surface area (Å²) in [5.41, 5.74) is 3.26. The SMILES string of the molecule is COc1ccc2c(c1)O[C@@H](C)CN(CCC(=O)NC(c1ccccc1)c1ccccc1)C2. The Morgan fingerprint density at radius 3 is 2.34 bits per heavy atom. The first-order valence-electron chi connectivity index (χ1n) is 11.1. The summed E-state index contributed by atoms with van der Waals surface area (Å²) in [5.74, 6) is 1.68. The molecule has 0 radical (unpaired) electrons. The van der Waals surface area contributed by atoms with Crippen LogP contribution in [0.25, 0.3) is 0 Å². The monoisotopic (exact) mass is 430 g/mol. The molecule has 5 heteroatoms. The van der Waals surface area contributed by atoms with Gasteiger partial charge in [0.1, 0.15) is 17.6 Å². The number of hydrogen-bond donors (Lipinski definition) is 1. The second-order valence-electron chi connectivity index (χ2n) is 8.21. The van der Waals surface area contributed by atoms with Gasteiger partial charge in [0.25, 0.3) is 0 Å². The zero-order valence-electron chi connectivity index (χ0n) is 18.7. The van der Waals surface area contributed by atoms with E-state index in [1.54, 1.807) is 7.11 Å². The fourth-order valence-electron chi connectivity index (χ4n) is 4.14. The van der Waals surface area contributed by atoms with Crippen molar-refractivity contribution in [3.05, 3.63) is 95.6 Å². The molecule has 0 aromatic heterocycles. The number of carbonyl (C=O) groups is 1. The van der Waals surface area contributed by atoms with Gasteiger partial charge in [-0.1, -0.05) is 66.7 Å². The quantitative estimate of drug-likeness (QED) is 0.596. The number of fused-ring (bicyclic) bond motifs is 1. The minimum absolute atomic E-state index is 0.0350. The number of amides is 1. The Balaban J connectivity index is 1.42. The van der Waals surface area contributed by atoms with Gasteiger partial charge in [-0.15, -0.1) is 0 Å². The molecule has 32 heavy (non-hydrogen) atoms. The Kier molecular flexibility index (Phi) is 7.07. The molecule has 1 atom stereocenters. The van der Waals surface area contributed by atoms with Crippen LogP contribution in [0.1, 0.15) is 36.1 Å². The van der Waals surface area contributed by atoms with Crippen molar-refractivity contribution < 1.29 is 14.3 Å². The van der Waals surface area contributed by atoms with E-state index >= 15 is 0 Å². The number of benzene rings is 3. The molecule has 0 bridgehead atoms. The summed E-state index contributed by atoms with van der Waals surface area (Å²) in [6.45, 7) is 4.24. The van der Waals surface area contributed by atoms with Crippen LogP contribution in [-0.4, -0.2) is 37.1 Å². The molecule has 1 heterocycles. The van der Waals surface area contributed by atoms with Gasteiger partial charge in [0.15, 0.2) is 0 Å². The smallest absolute Gasteiger partial charge is 0.222 e. The molecule has 3 aromatic carbocycles. The fourth-order valence-corrected chi connectivity index (χ4v) is 4.14. The van der Waals surface area contributed by atoms with Gasteiger partial charge in [0, 0.05) is 37.7 Å². The summed E-state index contributed by atoms with van der Waals surface area (Å²) >= 11 is 0. The normalized spacial score (nSPS) is 16.0. The molecule has 3 aromatic rings. The Morgan fingerprint density at radius 1 is 1.06 bits per heavy atom.